The molecule has 0 saturated heterocycles. The minimum Gasteiger partial charge on any atom is -0.323 e. The Morgan fingerprint density at radius 1 is 1.47 bits per heavy atom. The van der Waals surface area contributed by atoms with Crippen molar-refractivity contribution in [1.29, 1.82) is 0 Å². The number of nitrogens with zero attached hydrogens (tertiary/aromatic N) is 1. The Balaban J connectivity index is 2.61. The van der Waals surface area contributed by atoms with Gasteiger partial charge in [0.2, 0.25) is 5.91 Å². The molecule has 1 amide bonds. The molecule has 0 fully saturated rings. The summed E-state index contributed by atoms with van der Waals surface area (Å²) in [5, 5.41) is 2.82. The Kier molecular flexibility index (Phi) is 5.10. The molecular formula is C13H21N3O. The summed E-state index contributed by atoms with van der Waals surface area (Å²) in [6.07, 6.45) is 2.74. The van der Waals surface area contributed by atoms with Crippen molar-refractivity contribution < 1.29 is 4.79 Å². The van der Waals surface area contributed by atoms with Crippen LogP contribution in [0.3, 0.4) is 0 Å². The van der Waals surface area contributed by atoms with Crippen molar-refractivity contribution >= 4 is 11.6 Å². The van der Waals surface area contributed by atoms with Crippen LogP contribution >= 0.6 is 0 Å². The van der Waals surface area contributed by atoms with E-state index in [1.54, 1.807) is 0 Å². The summed E-state index contributed by atoms with van der Waals surface area (Å²) < 4.78 is 0. The number of hydrogen-bond acceptors (Lipinski definition) is 3. The van der Waals surface area contributed by atoms with Gasteiger partial charge in [-0.25, -0.2) is 0 Å². The van der Waals surface area contributed by atoms with Gasteiger partial charge in [0, 0.05) is 5.69 Å². The molecule has 0 aromatic carbocycles. The van der Waals surface area contributed by atoms with Crippen molar-refractivity contribution in [2.45, 2.75) is 46.1 Å². The fraction of sp³-hybridized carbons (Fsp3) is 0.538. The molecule has 0 spiro atoms. The summed E-state index contributed by atoms with van der Waals surface area (Å²) in [6, 6.07) is 3.30. The summed E-state index contributed by atoms with van der Waals surface area (Å²) in [6.45, 7) is 5.88. The van der Waals surface area contributed by atoms with Gasteiger partial charge >= 0.3 is 0 Å². The van der Waals surface area contributed by atoms with Crippen molar-refractivity contribution in [1.82, 2.24) is 4.98 Å². The van der Waals surface area contributed by atoms with Gasteiger partial charge in [0.05, 0.1) is 17.4 Å². The number of rotatable bonds is 5. The van der Waals surface area contributed by atoms with E-state index in [-0.39, 0.29) is 5.91 Å². The van der Waals surface area contributed by atoms with Crippen LogP contribution in [0.15, 0.2) is 12.1 Å². The zero-order valence-corrected chi connectivity index (χ0v) is 10.8. The predicted octanol–water partition coefficient (Wildman–Crippen LogP) is 2.15. The topological polar surface area (TPSA) is 68.0 Å². The Morgan fingerprint density at radius 2 is 2.18 bits per heavy atom. The summed E-state index contributed by atoms with van der Waals surface area (Å²) in [4.78, 5) is 16.1. The van der Waals surface area contributed by atoms with Crippen molar-refractivity contribution in [3.8, 4) is 0 Å². The second kappa shape index (κ2) is 6.35. The molecule has 1 unspecified atom stereocenters. The highest BCUT2D eigenvalue weighted by Crippen LogP contribution is 2.13. The number of carbonyl (C=O) groups excluding carboxylic acids is 1. The SMILES string of the molecule is CCCCC(N)C(=O)Nc1ccc(C)nc1C. The fourth-order valence-corrected chi connectivity index (χ4v) is 1.60. The first kappa shape index (κ1) is 13.6. The van der Waals surface area contributed by atoms with Crippen LogP contribution in [0.4, 0.5) is 5.69 Å². The Hall–Kier alpha value is -1.42. The third-order valence-electron chi connectivity index (χ3n) is 2.69. The van der Waals surface area contributed by atoms with E-state index >= 15 is 0 Å². The van der Waals surface area contributed by atoms with Crippen molar-refractivity contribution in [3.63, 3.8) is 0 Å². The lowest BCUT2D eigenvalue weighted by Crippen LogP contribution is -2.35. The average molecular weight is 235 g/mol. The van der Waals surface area contributed by atoms with Crippen molar-refractivity contribution in [3.05, 3.63) is 23.5 Å². The van der Waals surface area contributed by atoms with Gasteiger partial charge in [-0.3, -0.25) is 9.78 Å². The molecular weight excluding hydrogens is 214 g/mol. The molecule has 17 heavy (non-hydrogen) atoms. The number of nitrogens with one attached hydrogen (secondary N) is 1. The van der Waals surface area contributed by atoms with E-state index in [1.165, 1.54) is 0 Å². The lowest BCUT2D eigenvalue weighted by molar-refractivity contribution is -0.117. The van der Waals surface area contributed by atoms with Gasteiger partial charge in [-0.1, -0.05) is 19.8 Å². The first-order valence-electron chi connectivity index (χ1n) is 6.05. The number of aryl methyl sites for hydroxylation is 2. The zero-order valence-electron chi connectivity index (χ0n) is 10.8. The molecule has 0 aliphatic carbocycles. The Morgan fingerprint density at radius 3 is 2.76 bits per heavy atom. The highest BCUT2D eigenvalue weighted by Gasteiger charge is 2.13. The molecule has 1 aromatic rings. The van der Waals surface area contributed by atoms with Crippen LogP contribution in [0.5, 0.6) is 0 Å². The van der Waals surface area contributed by atoms with Crippen LogP contribution in [0, 0.1) is 13.8 Å². The molecule has 0 radical (unpaired) electrons. The van der Waals surface area contributed by atoms with Crippen LogP contribution in [0.25, 0.3) is 0 Å². The first-order chi connectivity index (χ1) is 8.04. The molecule has 1 heterocycles. The molecule has 1 rings (SSSR count). The highest BCUT2D eigenvalue weighted by atomic mass is 16.2. The molecule has 0 aliphatic heterocycles. The van der Waals surface area contributed by atoms with E-state index in [9.17, 15) is 4.79 Å². The Labute approximate surface area is 103 Å². The minimum absolute atomic E-state index is 0.132. The normalized spacial score (nSPS) is 12.2. The quantitative estimate of drug-likeness (QED) is 0.821. The number of hydrogen-bond donors (Lipinski definition) is 2. The number of unbranched alkanes of at least 4 members (excludes halogenated alkanes) is 1. The monoisotopic (exact) mass is 235 g/mol. The maximum atomic E-state index is 11.8. The summed E-state index contributed by atoms with van der Waals surface area (Å²) in [7, 11) is 0. The van der Waals surface area contributed by atoms with E-state index in [0.717, 1.165) is 36.3 Å². The number of aromatic nitrogens is 1. The third-order valence-corrected chi connectivity index (χ3v) is 2.69. The molecule has 3 N–H and O–H groups in total. The maximum Gasteiger partial charge on any atom is 0.241 e. The van der Waals surface area contributed by atoms with E-state index in [4.69, 9.17) is 5.73 Å². The van der Waals surface area contributed by atoms with Crippen LogP contribution in [-0.2, 0) is 4.79 Å². The smallest absolute Gasteiger partial charge is 0.241 e. The number of pyridine rings is 1. The van der Waals surface area contributed by atoms with Crippen LogP contribution in [0.1, 0.15) is 37.6 Å². The Bertz CT molecular complexity index is 390. The molecule has 0 saturated carbocycles. The lowest BCUT2D eigenvalue weighted by atomic mass is 10.1. The van der Waals surface area contributed by atoms with Gasteiger partial charge in [-0.2, -0.15) is 0 Å². The summed E-state index contributed by atoms with van der Waals surface area (Å²) >= 11 is 0. The van der Waals surface area contributed by atoms with Gasteiger partial charge in [0.1, 0.15) is 0 Å². The van der Waals surface area contributed by atoms with Gasteiger partial charge in [0.15, 0.2) is 0 Å². The van der Waals surface area contributed by atoms with E-state index in [1.807, 2.05) is 26.0 Å². The van der Waals surface area contributed by atoms with Gasteiger partial charge in [-0.05, 0) is 32.4 Å². The zero-order chi connectivity index (χ0) is 12.8. The summed E-state index contributed by atoms with van der Waals surface area (Å²) in [5.41, 5.74) is 8.30. The third kappa shape index (κ3) is 4.15. The van der Waals surface area contributed by atoms with Crippen LogP contribution < -0.4 is 11.1 Å². The lowest BCUT2D eigenvalue weighted by Gasteiger charge is -2.13. The van der Waals surface area contributed by atoms with Crippen molar-refractivity contribution in [2.75, 3.05) is 5.32 Å². The number of nitrogens with two attached hydrogens (primary N) is 1. The molecule has 94 valence electrons. The van der Waals surface area contributed by atoms with Crippen LogP contribution in [-0.4, -0.2) is 16.9 Å². The standard InChI is InChI=1S/C13H21N3O/c1-4-5-6-11(14)13(17)16-12-8-7-9(2)15-10(12)3/h7-8,11H,4-6,14H2,1-3H3,(H,16,17). The molecule has 1 atom stereocenters. The highest BCUT2D eigenvalue weighted by molar-refractivity contribution is 5.95. The number of carbonyl (C=O) groups is 1. The average Bonchev–Trinajstić information content (AvgIpc) is 2.29. The second-order valence-electron chi connectivity index (χ2n) is 4.32. The number of anilines is 1. The first-order valence-corrected chi connectivity index (χ1v) is 6.05. The minimum atomic E-state index is -0.435. The van der Waals surface area contributed by atoms with Crippen molar-refractivity contribution in [2.24, 2.45) is 5.73 Å². The number of amides is 1. The maximum absolute atomic E-state index is 11.8. The second-order valence-corrected chi connectivity index (χ2v) is 4.32. The molecule has 0 bridgehead atoms. The van der Waals surface area contributed by atoms with Gasteiger partial charge in [0.25, 0.3) is 0 Å². The molecule has 4 heteroatoms. The van der Waals surface area contributed by atoms with E-state index in [0.29, 0.717) is 0 Å². The molecule has 4 nitrogen and oxygen atoms in total. The van der Waals surface area contributed by atoms with E-state index in [2.05, 4.69) is 17.2 Å². The molecule has 1 aromatic heterocycles. The molecule has 0 aliphatic rings. The van der Waals surface area contributed by atoms with Gasteiger partial charge < -0.3 is 11.1 Å². The fourth-order valence-electron chi connectivity index (χ4n) is 1.60. The van der Waals surface area contributed by atoms with Gasteiger partial charge in [-0.15, -0.1) is 0 Å². The largest absolute Gasteiger partial charge is 0.323 e. The van der Waals surface area contributed by atoms with E-state index < -0.39 is 6.04 Å². The summed E-state index contributed by atoms with van der Waals surface area (Å²) in [5.74, 6) is -0.132. The predicted molar refractivity (Wildman–Crippen MR) is 69.8 cm³/mol. The van der Waals surface area contributed by atoms with Crippen LogP contribution in [0.2, 0.25) is 0 Å².